The zero-order chi connectivity index (χ0) is 9.40. The molecule has 13 heavy (non-hydrogen) atoms. The summed E-state index contributed by atoms with van der Waals surface area (Å²) in [5.41, 5.74) is 2.10. The van der Waals surface area contributed by atoms with Crippen LogP contribution < -0.4 is 5.43 Å². The molecule has 0 aliphatic carbocycles. The number of hydrazone groups is 1. The number of amides is 1. The van der Waals surface area contributed by atoms with Gasteiger partial charge in [0.05, 0.1) is 5.91 Å². The van der Waals surface area contributed by atoms with E-state index < -0.39 is 5.91 Å². The fourth-order valence-corrected chi connectivity index (χ4v) is 0.879. The first-order valence-corrected chi connectivity index (χ1v) is 4.29. The standard InChI is InChI=1S/C7H10N2O2S.Y/c1-6(10)9-8-4-3-5-12-7(2)11;/h1,3,5H2,2H3,(H,9,10);/q-2;. The Morgan fingerprint density at radius 2 is 2.23 bits per heavy atom. The van der Waals surface area contributed by atoms with Gasteiger partial charge in [-0.05, 0) is 5.75 Å². The van der Waals surface area contributed by atoms with E-state index in [9.17, 15) is 9.59 Å². The van der Waals surface area contributed by atoms with E-state index in [4.69, 9.17) is 0 Å². The molecular weight excluding hydrogens is 265 g/mol. The van der Waals surface area contributed by atoms with Gasteiger partial charge in [0.25, 0.3) is 0 Å². The van der Waals surface area contributed by atoms with Gasteiger partial charge in [-0.15, -0.1) is 0 Å². The Morgan fingerprint density at radius 1 is 1.62 bits per heavy atom. The van der Waals surface area contributed by atoms with E-state index in [1.54, 1.807) is 0 Å². The monoisotopic (exact) mass is 275 g/mol. The number of carbonyl (C=O) groups excluding carboxylic acids is 2. The summed E-state index contributed by atoms with van der Waals surface area (Å²) < 4.78 is 0. The predicted molar refractivity (Wildman–Crippen MR) is 48.7 cm³/mol. The minimum Gasteiger partial charge on any atom is -0.400 e. The summed E-state index contributed by atoms with van der Waals surface area (Å²) >= 11 is 1.20. The molecule has 0 aliphatic heterocycles. The van der Waals surface area contributed by atoms with Crippen molar-refractivity contribution in [1.29, 1.82) is 0 Å². The Balaban J connectivity index is 0. The normalized spacial score (nSPS) is 9.31. The van der Waals surface area contributed by atoms with Crippen molar-refractivity contribution in [3.05, 3.63) is 6.92 Å². The fourth-order valence-electron chi connectivity index (χ4n) is 0.398. The topological polar surface area (TPSA) is 58.5 Å². The third-order valence-electron chi connectivity index (χ3n) is 0.779. The number of thioether (sulfide) groups is 1. The van der Waals surface area contributed by atoms with E-state index >= 15 is 0 Å². The molecule has 0 aromatic heterocycles. The Kier molecular flexibility index (Phi) is 12.3. The van der Waals surface area contributed by atoms with Crippen molar-refractivity contribution in [3.63, 3.8) is 0 Å². The molecule has 0 saturated heterocycles. The molecule has 6 heteroatoms. The molecular formula is C7H10N2O2SY-2. The van der Waals surface area contributed by atoms with Crippen molar-refractivity contribution >= 4 is 29.0 Å². The molecule has 0 rings (SSSR count). The van der Waals surface area contributed by atoms with Gasteiger partial charge < -0.3 is 28.5 Å². The average molecular weight is 275 g/mol. The maximum Gasteiger partial charge on any atom is 0.185 e. The number of nitrogens with one attached hydrogen (secondary N) is 1. The van der Waals surface area contributed by atoms with Crippen LogP contribution in [-0.4, -0.2) is 23.0 Å². The molecule has 0 aromatic carbocycles. The summed E-state index contributed by atoms with van der Waals surface area (Å²) in [6, 6.07) is 0. The van der Waals surface area contributed by atoms with E-state index in [0.717, 1.165) is 0 Å². The quantitative estimate of drug-likeness (QED) is 0.351. The minimum atomic E-state index is -0.471. The van der Waals surface area contributed by atoms with Crippen LogP contribution in [0.5, 0.6) is 0 Å². The van der Waals surface area contributed by atoms with Gasteiger partial charge in [-0.3, -0.25) is 4.79 Å². The van der Waals surface area contributed by atoms with Crippen LogP contribution in [0.4, 0.5) is 0 Å². The molecule has 0 atom stereocenters. The van der Waals surface area contributed by atoms with Crippen molar-refractivity contribution in [2.45, 2.75) is 13.3 Å². The molecule has 0 aromatic rings. The van der Waals surface area contributed by atoms with Gasteiger partial charge in [-0.2, -0.15) is 6.42 Å². The van der Waals surface area contributed by atoms with Crippen molar-refractivity contribution in [1.82, 2.24) is 5.43 Å². The molecule has 0 bridgehead atoms. The minimum absolute atomic E-state index is 0. The van der Waals surface area contributed by atoms with E-state index in [2.05, 4.69) is 23.7 Å². The fraction of sp³-hybridized carbons (Fsp3) is 0.429. The summed E-state index contributed by atoms with van der Waals surface area (Å²) in [6.07, 6.45) is 3.08. The van der Waals surface area contributed by atoms with Crippen LogP contribution in [0.15, 0.2) is 5.10 Å². The van der Waals surface area contributed by atoms with Crippen LogP contribution in [0.2, 0.25) is 0 Å². The number of rotatable bonds is 4. The molecule has 1 amide bonds. The second kappa shape index (κ2) is 10.2. The predicted octanol–water partition coefficient (Wildman–Crippen LogP) is 0.467. The molecule has 1 radical (unpaired) electrons. The molecule has 0 unspecified atom stereocenters. The Labute approximate surface area is 107 Å². The molecule has 0 saturated carbocycles. The molecule has 0 spiro atoms. The Hall–Kier alpha value is 0.134. The maximum atomic E-state index is 10.4. The summed E-state index contributed by atoms with van der Waals surface area (Å²) in [5, 5.41) is 3.50. The SMILES string of the molecule is [CH2-]C(=O)NN=[C-]CCSC(C)=O.[Y]. The number of hydrogen-bond donors (Lipinski definition) is 1. The van der Waals surface area contributed by atoms with E-state index in [-0.39, 0.29) is 37.8 Å². The van der Waals surface area contributed by atoms with Gasteiger partial charge in [0.1, 0.15) is 0 Å². The first kappa shape index (κ1) is 15.6. The number of hydrogen-bond acceptors (Lipinski definition) is 4. The largest absolute Gasteiger partial charge is 0.400 e. The van der Waals surface area contributed by atoms with Crippen LogP contribution in [0.25, 0.3) is 0 Å². The van der Waals surface area contributed by atoms with E-state index in [1.807, 2.05) is 0 Å². The first-order valence-electron chi connectivity index (χ1n) is 3.31. The van der Waals surface area contributed by atoms with Gasteiger partial charge >= 0.3 is 0 Å². The average Bonchev–Trinajstić information content (AvgIpc) is 1.95. The molecule has 0 heterocycles. The van der Waals surface area contributed by atoms with Gasteiger partial charge in [0.15, 0.2) is 5.12 Å². The molecule has 1 N–H and O–H groups in total. The van der Waals surface area contributed by atoms with Crippen LogP contribution in [0.1, 0.15) is 13.3 Å². The molecule has 0 aliphatic rings. The smallest absolute Gasteiger partial charge is 0.185 e. The van der Waals surface area contributed by atoms with Gasteiger partial charge in [0.2, 0.25) is 0 Å². The zero-order valence-corrected chi connectivity index (χ0v) is 11.0. The summed E-state index contributed by atoms with van der Waals surface area (Å²) in [7, 11) is 0. The number of nitrogens with zero attached hydrogens (tertiary/aromatic N) is 1. The van der Waals surface area contributed by atoms with E-state index in [0.29, 0.717) is 12.2 Å². The summed E-state index contributed by atoms with van der Waals surface area (Å²) in [6.45, 7) is 4.54. The van der Waals surface area contributed by atoms with Crippen molar-refractivity contribution < 1.29 is 42.3 Å². The summed E-state index contributed by atoms with van der Waals surface area (Å²) in [5.74, 6) is 0.160. The third-order valence-corrected chi connectivity index (χ3v) is 1.59. The third kappa shape index (κ3) is 14.9. The van der Waals surface area contributed by atoms with Crippen molar-refractivity contribution in [2.24, 2.45) is 5.10 Å². The zero-order valence-electron chi connectivity index (χ0n) is 7.37. The van der Waals surface area contributed by atoms with E-state index in [1.165, 1.54) is 18.7 Å². The summed E-state index contributed by atoms with van der Waals surface area (Å²) in [4.78, 5) is 20.6. The van der Waals surface area contributed by atoms with Gasteiger partial charge in [-0.25, -0.2) is 0 Å². The maximum absolute atomic E-state index is 10.4. The van der Waals surface area contributed by atoms with Crippen molar-refractivity contribution in [3.8, 4) is 0 Å². The van der Waals surface area contributed by atoms with Crippen LogP contribution in [0.3, 0.4) is 0 Å². The first-order chi connectivity index (χ1) is 5.63. The van der Waals surface area contributed by atoms with Crippen LogP contribution in [-0.2, 0) is 42.3 Å². The molecule has 71 valence electrons. The van der Waals surface area contributed by atoms with Crippen LogP contribution in [0, 0.1) is 6.92 Å². The molecule has 0 fully saturated rings. The van der Waals surface area contributed by atoms with Crippen LogP contribution >= 0.6 is 11.8 Å². The Bertz CT molecular complexity index is 197. The van der Waals surface area contributed by atoms with Gasteiger partial charge in [-0.1, -0.05) is 11.8 Å². The second-order valence-corrected chi connectivity index (χ2v) is 3.17. The van der Waals surface area contributed by atoms with Crippen molar-refractivity contribution in [2.75, 3.05) is 5.75 Å². The van der Waals surface area contributed by atoms with Gasteiger partial charge in [0, 0.05) is 39.6 Å². The number of carbonyl (C=O) groups is 2. The second-order valence-electron chi connectivity index (χ2n) is 1.89. The Morgan fingerprint density at radius 3 is 2.69 bits per heavy atom. The molecule has 4 nitrogen and oxygen atoms in total.